The quantitative estimate of drug-likeness (QED) is 0.423. The Morgan fingerprint density at radius 3 is 2.90 bits per heavy atom. The minimum Gasteiger partial charge on any atom is -0.347 e. The minimum absolute atomic E-state index is 0.0485. The number of thiazole rings is 2. The van der Waals surface area contributed by atoms with Crippen LogP contribution in [0.15, 0.2) is 47.8 Å². The number of carbonyl (C=O) groups is 1. The van der Waals surface area contributed by atoms with Gasteiger partial charge in [-0.25, -0.2) is 9.97 Å². The number of fused-ring (bicyclic) bond motifs is 1. The molecule has 7 heteroatoms. The minimum atomic E-state index is -0.0485. The maximum atomic E-state index is 13.0. The average molecular weight is 449 g/mol. The van der Waals surface area contributed by atoms with Gasteiger partial charge in [0.05, 0.1) is 26.8 Å². The van der Waals surface area contributed by atoms with Crippen LogP contribution in [0.1, 0.15) is 23.4 Å². The molecule has 0 radical (unpaired) electrons. The lowest BCUT2D eigenvalue weighted by atomic mass is 9.97. The number of hydrogen-bond donors (Lipinski definition) is 1. The summed E-state index contributed by atoms with van der Waals surface area (Å²) in [7, 11) is 0. The van der Waals surface area contributed by atoms with E-state index in [0.29, 0.717) is 6.54 Å². The highest BCUT2D eigenvalue weighted by Gasteiger charge is 2.27. The number of aryl methyl sites for hydroxylation is 2. The number of hydrogen-bond acceptors (Lipinski definition) is 6. The summed E-state index contributed by atoms with van der Waals surface area (Å²) in [6.45, 7) is 5.75. The molecule has 1 aliphatic rings. The normalized spacial score (nSPS) is 16.6. The molecule has 1 aliphatic heterocycles. The molecular weight excluding hydrogens is 424 g/mol. The summed E-state index contributed by atoms with van der Waals surface area (Å²) in [6.07, 6.45) is 1.89. The highest BCUT2D eigenvalue weighted by atomic mass is 32.1. The third-order valence-electron chi connectivity index (χ3n) is 5.64. The van der Waals surface area contributed by atoms with Crippen molar-refractivity contribution in [2.45, 2.75) is 26.7 Å². The molecular formula is C24H24N4OS2. The lowest BCUT2D eigenvalue weighted by molar-refractivity contribution is -0.120. The van der Waals surface area contributed by atoms with Gasteiger partial charge >= 0.3 is 0 Å². The fourth-order valence-corrected chi connectivity index (χ4v) is 5.74. The molecule has 2 aromatic heterocycles. The van der Waals surface area contributed by atoms with Crippen molar-refractivity contribution in [2.24, 2.45) is 5.92 Å². The van der Waals surface area contributed by atoms with Crippen molar-refractivity contribution in [1.29, 1.82) is 0 Å². The van der Waals surface area contributed by atoms with Crippen molar-refractivity contribution >= 4 is 49.6 Å². The van der Waals surface area contributed by atoms with Gasteiger partial charge in [-0.1, -0.05) is 29.5 Å². The van der Waals surface area contributed by atoms with Crippen LogP contribution in [0.4, 0.5) is 10.8 Å². The summed E-state index contributed by atoms with van der Waals surface area (Å²) in [5.41, 5.74) is 5.08. The Hall–Kier alpha value is -2.77. The second-order valence-corrected chi connectivity index (χ2v) is 10.1. The van der Waals surface area contributed by atoms with Crippen LogP contribution < -0.4 is 10.2 Å². The first-order chi connectivity index (χ1) is 15.0. The third-order valence-corrected chi connectivity index (χ3v) is 7.49. The van der Waals surface area contributed by atoms with Gasteiger partial charge in [-0.15, -0.1) is 11.3 Å². The number of piperidine rings is 1. The van der Waals surface area contributed by atoms with Crippen molar-refractivity contribution in [3.63, 3.8) is 0 Å². The molecule has 1 saturated heterocycles. The Balaban J connectivity index is 1.29. The summed E-state index contributed by atoms with van der Waals surface area (Å²) in [5.74, 6) is 0.0286. The molecule has 1 atom stereocenters. The summed E-state index contributed by atoms with van der Waals surface area (Å²) in [4.78, 5) is 24.7. The molecule has 0 aliphatic carbocycles. The summed E-state index contributed by atoms with van der Waals surface area (Å²) in [6, 6.07) is 14.3. The van der Waals surface area contributed by atoms with Crippen LogP contribution in [0.3, 0.4) is 0 Å². The summed E-state index contributed by atoms with van der Waals surface area (Å²) >= 11 is 3.35. The van der Waals surface area contributed by atoms with Crippen LogP contribution in [0.5, 0.6) is 0 Å². The molecule has 31 heavy (non-hydrogen) atoms. The van der Waals surface area contributed by atoms with Crippen molar-refractivity contribution in [1.82, 2.24) is 9.97 Å². The molecule has 2 aromatic carbocycles. The van der Waals surface area contributed by atoms with E-state index < -0.39 is 0 Å². The number of aromatic nitrogens is 2. The molecule has 1 amide bonds. The zero-order valence-electron chi connectivity index (χ0n) is 17.6. The zero-order valence-corrected chi connectivity index (χ0v) is 19.2. The van der Waals surface area contributed by atoms with Crippen LogP contribution >= 0.6 is 22.7 Å². The maximum Gasteiger partial charge on any atom is 0.229 e. The molecule has 1 N–H and O–H groups in total. The van der Waals surface area contributed by atoms with Crippen LogP contribution in [0.2, 0.25) is 0 Å². The number of nitrogens with zero attached hydrogens (tertiary/aromatic N) is 3. The van der Waals surface area contributed by atoms with Gasteiger partial charge in [-0.2, -0.15) is 0 Å². The molecule has 5 nitrogen and oxygen atoms in total. The molecule has 0 spiro atoms. The largest absolute Gasteiger partial charge is 0.347 e. The summed E-state index contributed by atoms with van der Waals surface area (Å²) < 4.78 is 1.20. The van der Waals surface area contributed by atoms with Gasteiger partial charge in [0.2, 0.25) is 5.91 Å². The van der Waals surface area contributed by atoms with Crippen molar-refractivity contribution in [2.75, 3.05) is 23.3 Å². The van der Waals surface area contributed by atoms with E-state index in [4.69, 9.17) is 4.98 Å². The number of carbonyl (C=O) groups excluding carboxylic acids is 1. The van der Waals surface area contributed by atoms with Crippen LogP contribution in [0.25, 0.3) is 21.5 Å². The van der Waals surface area contributed by atoms with E-state index in [0.717, 1.165) is 52.0 Å². The number of anilines is 2. The van der Waals surface area contributed by atoms with Crippen molar-refractivity contribution in [3.8, 4) is 11.3 Å². The predicted molar refractivity (Wildman–Crippen MR) is 130 cm³/mol. The first kappa shape index (κ1) is 20.2. The Kier molecular flexibility index (Phi) is 5.46. The van der Waals surface area contributed by atoms with E-state index in [1.165, 1.54) is 10.3 Å². The SMILES string of the molecule is Cc1ccc2nc(N3CCCC(C(=O)Nc4cccc(-c5csc(C)n5)c4)C3)sc2c1. The molecule has 4 aromatic rings. The van der Waals surface area contributed by atoms with Gasteiger partial charge in [0.15, 0.2) is 5.13 Å². The first-order valence-corrected chi connectivity index (χ1v) is 12.2. The predicted octanol–water partition coefficient (Wildman–Crippen LogP) is 5.89. The van der Waals surface area contributed by atoms with Gasteiger partial charge in [0.1, 0.15) is 0 Å². The van der Waals surface area contributed by atoms with E-state index in [-0.39, 0.29) is 11.8 Å². The van der Waals surface area contributed by atoms with Crippen LogP contribution in [-0.4, -0.2) is 29.0 Å². The second-order valence-electron chi connectivity index (χ2n) is 8.07. The van der Waals surface area contributed by atoms with Gasteiger partial charge < -0.3 is 10.2 Å². The monoisotopic (exact) mass is 448 g/mol. The van der Waals surface area contributed by atoms with Gasteiger partial charge in [0, 0.05) is 29.7 Å². The molecule has 5 rings (SSSR count). The molecule has 0 bridgehead atoms. The number of nitrogens with one attached hydrogen (secondary N) is 1. The fourth-order valence-electron chi connectivity index (χ4n) is 4.02. The molecule has 158 valence electrons. The Morgan fingerprint density at radius 1 is 1.16 bits per heavy atom. The van der Waals surface area contributed by atoms with Gasteiger partial charge in [-0.3, -0.25) is 4.79 Å². The lowest BCUT2D eigenvalue weighted by Gasteiger charge is -2.31. The van der Waals surface area contributed by atoms with E-state index in [1.807, 2.05) is 31.2 Å². The van der Waals surface area contributed by atoms with E-state index in [9.17, 15) is 4.79 Å². The highest BCUT2D eigenvalue weighted by Crippen LogP contribution is 2.32. The number of rotatable bonds is 4. The molecule has 3 heterocycles. The van der Waals surface area contributed by atoms with Crippen LogP contribution in [0, 0.1) is 19.8 Å². The lowest BCUT2D eigenvalue weighted by Crippen LogP contribution is -2.40. The van der Waals surface area contributed by atoms with Gasteiger partial charge in [-0.05, 0) is 56.5 Å². The Morgan fingerprint density at radius 2 is 2.06 bits per heavy atom. The third kappa shape index (κ3) is 4.34. The topological polar surface area (TPSA) is 58.1 Å². The Bertz CT molecular complexity index is 1250. The number of amides is 1. The van der Waals surface area contributed by atoms with Crippen molar-refractivity contribution in [3.05, 3.63) is 58.4 Å². The zero-order chi connectivity index (χ0) is 21.4. The molecule has 0 saturated carbocycles. The van der Waals surface area contributed by atoms with Crippen LogP contribution in [-0.2, 0) is 4.79 Å². The first-order valence-electron chi connectivity index (χ1n) is 10.5. The standard InChI is InChI=1S/C24H24N4OS2/c1-15-8-9-20-22(11-15)31-24(27-20)28-10-4-6-18(13-28)23(29)26-19-7-3-5-17(12-19)21-14-30-16(2)25-21/h3,5,7-9,11-12,14,18H,4,6,10,13H2,1-2H3,(H,26,29). The fraction of sp³-hybridized carbons (Fsp3) is 0.292. The average Bonchev–Trinajstić information content (AvgIpc) is 3.40. The van der Waals surface area contributed by atoms with E-state index in [1.54, 1.807) is 22.7 Å². The van der Waals surface area contributed by atoms with Crippen molar-refractivity contribution < 1.29 is 4.79 Å². The second kappa shape index (κ2) is 8.40. The molecule has 1 fully saturated rings. The number of benzene rings is 2. The van der Waals surface area contributed by atoms with Gasteiger partial charge in [0.25, 0.3) is 0 Å². The Labute approximate surface area is 189 Å². The maximum absolute atomic E-state index is 13.0. The highest BCUT2D eigenvalue weighted by molar-refractivity contribution is 7.22. The van der Waals surface area contributed by atoms with E-state index >= 15 is 0 Å². The smallest absolute Gasteiger partial charge is 0.229 e. The van der Waals surface area contributed by atoms with E-state index in [2.05, 4.69) is 45.7 Å². The molecule has 1 unspecified atom stereocenters. The summed E-state index contributed by atoms with van der Waals surface area (Å²) in [5, 5.41) is 7.23.